The number of hydrogen-bond acceptors (Lipinski definition) is 1. The van der Waals surface area contributed by atoms with E-state index in [1.54, 1.807) is 36.4 Å². The Hall–Kier alpha value is -6.70. The monoisotopic (exact) mass is 664 g/mol. The Morgan fingerprint density at radius 2 is 0.941 bits per heavy atom. The van der Waals surface area contributed by atoms with Crippen molar-refractivity contribution >= 4 is 38.6 Å². The predicted octanol–water partition coefficient (Wildman–Crippen LogP) is 14.1. The highest BCUT2D eigenvalue weighted by atomic mass is 15.1. The smallest absolute Gasteiger partial charge is 0.0651 e. The third-order valence-electron chi connectivity index (χ3n) is 8.66. The highest BCUT2D eigenvalue weighted by molar-refractivity contribution is 5.99. The highest BCUT2D eigenvalue weighted by Crippen LogP contribution is 2.41. The second-order valence-corrected chi connectivity index (χ2v) is 11.8. The van der Waals surface area contributed by atoms with E-state index in [1.807, 2.05) is 84.9 Å². The molecule has 0 bridgehead atoms. The van der Waals surface area contributed by atoms with Crippen LogP contribution in [0.5, 0.6) is 0 Å². The first-order valence-corrected chi connectivity index (χ1v) is 16.3. The van der Waals surface area contributed by atoms with Gasteiger partial charge in [0.25, 0.3) is 0 Å². The third kappa shape index (κ3) is 6.07. The summed E-state index contributed by atoms with van der Waals surface area (Å²) in [5.74, 6) is 0. The van der Waals surface area contributed by atoms with E-state index in [1.165, 1.54) is 0 Å². The molecule has 0 atom stereocenters. The van der Waals surface area contributed by atoms with Gasteiger partial charge in [0.05, 0.1) is 26.2 Å². The van der Waals surface area contributed by atoms with E-state index >= 15 is 0 Å². The third-order valence-corrected chi connectivity index (χ3v) is 8.66. The van der Waals surface area contributed by atoms with Crippen molar-refractivity contribution in [2.24, 2.45) is 0 Å². The zero-order valence-corrected chi connectivity index (χ0v) is 27.0. The average molecular weight is 665 g/mol. The lowest BCUT2D eigenvalue weighted by molar-refractivity contribution is 1.30. The molecular formula is C50H35N. The first-order chi connectivity index (χ1) is 31.5. The van der Waals surface area contributed by atoms with Crippen molar-refractivity contribution < 1.29 is 20.6 Å². The molecule has 0 saturated carbocycles. The van der Waals surface area contributed by atoms with Crippen LogP contribution in [0.25, 0.3) is 66.1 Å². The first kappa shape index (κ1) is 18.3. The molecule has 0 aliphatic heterocycles. The molecule has 0 spiro atoms. The fourth-order valence-corrected chi connectivity index (χ4v) is 6.17. The van der Waals surface area contributed by atoms with E-state index in [0.717, 1.165) is 26.8 Å². The van der Waals surface area contributed by atoms with Gasteiger partial charge in [-0.2, -0.15) is 0 Å². The molecule has 0 radical (unpaired) electrons. The van der Waals surface area contributed by atoms with Crippen LogP contribution >= 0.6 is 0 Å². The summed E-state index contributed by atoms with van der Waals surface area (Å²) in [5, 5.41) is 0.520. The Balaban J connectivity index is 1.42. The molecule has 0 aromatic heterocycles. The quantitative estimate of drug-likeness (QED) is 0.164. The van der Waals surface area contributed by atoms with Crippen LogP contribution in [0.1, 0.15) is 20.6 Å². The summed E-state index contributed by atoms with van der Waals surface area (Å²) in [6.07, 6.45) is 0. The molecule has 1 heteroatoms. The van der Waals surface area contributed by atoms with E-state index in [-0.39, 0.29) is 16.7 Å². The van der Waals surface area contributed by atoms with E-state index in [2.05, 4.69) is 0 Å². The van der Waals surface area contributed by atoms with Gasteiger partial charge in [-0.1, -0.05) is 157 Å². The lowest BCUT2D eigenvalue weighted by atomic mass is 9.93. The summed E-state index contributed by atoms with van der Waals surface area (Å²) in [7, 11) is 0. The van der Waals surface area contributed by atoms with Gasteiger partial charge in [0.15, 0.2) is 0 Å². The molecule has 0 heterocycles. The molecule has 9 aromatic rings. The first-order valence-electron chi connectivity index (χ1n) is 23.8. The number of anilines is 3. The van der Waals surface area contributed by atoms with Crippen LogP contribution in [-0.2, 0) is 0 Å². The molecule has 51 heavy (non-hydrogen) atoms. The molecule has 0 N–H and O–H groups in total. The standard InChI is InChI=1S/C50H35N/c1-3-13-36(14-4-1)44-32-45(37-15-5-2-6-16-37)34-46(33-44)39-27-29-47(30-28-39)51(50-24-12-20-40-18-9-10-23-49(40)50)48-22-11-21-42(35-48)43-26-25-38-17-7-8-19-41(38)31-43/h1-35H/i9D,10D,11D,12D,18D,20D,21D,22D,23D,24D,27D,28D,29D,30D,35D. The molecule has 0 amide bonds. The molecule has 1 nitrogen and oxygen atoms in total. The summed E-state index contributed by atoms with van der Waals surface area (Å²) < 4.78 is 138. The van der Waals surface area contributed by atoms with Crippen molar-refractivity contribution in [3.8, 4) is 44.5 Å². The van der Waals surface area contributed by atoms with Gasteiger partial charge in [-0.25, -0.2) is 0 Å². The highest BCUT2D eigenvalue weighted by Gasteiger charge is 2.17. The van der Waals surface area contributed by atoms with Gasteiger partial charge in [0.1, 0.15) is 0 Å². The number of benzene rings is 9. The zero-order chi connectivity index (χ0) is 47.0. The van der Waals surface area contributed by atoms with Crippen LogP contribution < -0.4 is 4.90 Å². The van der Waals surface area contributed by atoms with Crippen molar-refractivity contribution in [3.63, 3.8) is 0 Å². The zero-order valence-electron chi connectivity index (χ0n) is 42.0. The van der Waals surface area contributed by atoms with Gasteiger partial charge in [0.2, 0.25) is 0 Å². The van der Waals surface area contributed by atoms with Gasteiger partial charge in [-0.05, 0) is 115 Å². The molecule has 0 fully saturated rings. The summed E-state index contributed by atoms with van der Waals surface area (Å²) in [4.78, 5) is 0.815. The number of nitrogens with zero attached hydrogens (tertiary/aromatic N) is 1. The Kier molecular flexibility index (Phi) is 4.79. The lowest BCUT2D eigenvalue weighted by Crippen LogP contribution is -2.10. The second kappa shape index (κ2) is 13.3. The molecule has 240 valence electrons. The van der Waals surface area contributed by atoms with Crippen LogP contribution in [0.15, 0.2) is 212 Å². The number of fused-ring (bicyclic) bond motifs is 2. The molecule has 0 unspecified atom stereocenters. The maximum Gasteiger partial charge on any atom is 0.0651 e. The summed E-state index contributed by atoms with van der Waals surface area (Å²) in [5.41, 5.74) is 1.42. The minimum atomic E-state index is -0.853. The number of rotatable bonds is 7. The Morgan fingerprint density at radius 3 is 1.67 bits per heavy atom. The van der Waals surface area contributed by atoms with E-state index < -0.39 is 118 Å². The molecule has 0 aliphatic rings. The van der Waals surface area contributed by atoms with E-state index in [0.29, 0.717) is 16.7 Å². The fraction of sp³-hybridized carbons (Fsp3) is 0. The predicted molar refractivity (Wildman–Crippen MR) is 218 cm³/mol. The summed E-state index contributed by atoms with van der Waals surface area (Å²) >= 11 is 0. The average Bonchev–Trinajstić information content (AvgIpc) is 3.33. The Labute approximate surface area is 320 Å². The van der Waals surface area contributed by atoms with Crippen molar-refractivity contribution in [1.29, 1.82) is 0 Å². The van der Waals surface area contributed by atoms with Crippen LogP contribution in [0.2, 0.25) is 0 Å². The normalized spacial score (nSPS) is 15.3. The van der Waals surface area contributed by atoms with Crippen molar-refractivity contribution in [3.05, 3.63) is 212 Å². The SMILES string of the molecule is [2H]c1c([2H])c(-c2ccc3ccccc3c2)c([2H])c(N(c2c([2H])c([2H])c(-c3cc(-c4ccccc4)cc(-c4ccccc4)c3)c([2H])c2[2H])c2c([2H])c([2H])c([2H])c3c([2H])c([2H])c([2H])c([2H])c23)c1[2H]. The minimum Gasteiger partial charge on any atom is -0.310 e. The van der Waals surface area contributed by atoms with Crippen LogP contribution in [-0.4, -0.2) is 0 Å². The fourth-order valence-electron chi connectivity index (χ4n) is 6.17. The Bertz CT molecular complexity index is 3390. The van der Waals surface area contributed by atoms with Gasteiger partial charge in [0, 0.05) is 16.8 Å². The molecule has 0 saturated heterocycles. The topological polar surface area (TPSA) is 3.24 Å². The summed E-state index contributed by atoms with van der Waals surface area (Å²) in [6, 6.07) is 25.8. The van der Waals surface area contributed by atoms with Gasteiger partial charge >= 0.3 is 0 Å². The van der Waals surface area contributed by atoms with Crippen molar-refractivity contribution in [1.82, 2.24) is 0 Å². The maximum absolute atomic E-state index is 9.80. The molecule has 9 aromatic carbocycles. The number of hydrogen-bond donors (Lipinski definition) is 0. The van der Waals surface area contributed by atoms with Crippen molar-refractivity contribution in [2.45, 2.75) is 0 Å². The summed E-state index contributed by atoms with van der Waals surface area (Å²) in [6.45, 7) is 0. The lowest BCUT2D eigenvalue weighted by Gasteiger charge is -2.27. The van der Waals surface area contributed by atoms with E-state index in [9.17, 15) is 9.60 Å². The molecular weight excluding hydrogens is 615 g/mol. The minimum absolute atomic E-state index is 0.124. The van der Waals surface area contributed by atoms with E-state index in [4.69, 9.17) is 11.0 Å². The van der Waals surface area contributed by atoms with Crippen molar-refractivity contribution in [2.75, 3.05) is 4.90 Å². The van der Waals surface area contributed by atoms with Gasteiger partial charge in [-0.15, -0.1) is 0 Å². The van der Waals surface area contributed by atoms with Crippen LogP contribution in [0.3, 0.4) is 0 Å². The molecule has 0 aliphatic carbocycles. The van der Waals surface area contributed by atoms with Gasteiger partial charge < -0.3 is 4.90 Å². The molecule has 9 rings (SSSR count). The Morgan fingerprint density at radius 1 is 0.333 bits per heavy atom. The van der Waals surface area contributed by atoms with Crippen LogP contribution in [0.4, 0.5) is 17.1 Å². The van der Waals surface area contributed by atoms with Crippen LogP contribution in [0, 0.1) is 0 Å². The largest absolute Gasteiger partial charge is 0.310 e. The maximum atomic E-state index is 9.80. The second-order valence-electron chi connectivity index (χ2n) is 11.8. The van der Waals surface area contributed by atoms with Gasteiger partial charge in [-0.3, -0.25) is 0 Å².